The van der Waals surface area contributed by atoms with Crippen LogP contribution in [0.2, 0.25) is 0 Å². The standard InChI is InChI=1S/C14H19NO2/c1-16-14(6-2-7-14)13(15)11-3-4-12-10(9-11)5-8-17-12/h3-4,9,13H,2,5-8,15H2,1H3. The van der Waals surface area contributed by atoms with Crippen LogP contribution in [0, 0.1) is 0 Å². The lowest BCUT2D eigenvalue weighted by molar-refractivity contribution is -0.0911. The van der Waals surface area contributed by atoms with E-state index in [1.807, 2.05) is 6.07 Å². The molecule has 2 N–H and O–H groups in total. The minimum atomic E-state index is -0.131. The van der Waals surface area contributed by atoms with Gasteiger partial charge in [-0.25, -0.2) is 0 Å². The van der Waals surface area contributed by atoms with Crippen LogP contribution in [-0.4, -0.2) is 19.3 Å². The Morgan fingerprint density at radius 2 is 2.24 bits per heavy atom. The summed E-state index contributed by atoms with van der Waals surface area (Å²) in [6, 6.07) is 6.28. The van der Waals surface area contributed by atoms with Gasteiger partial charge in [0.05, 0.1) is 18.2 Å². The van der Waals surface area contributed by atoms with Gasteiger partial charge < -0.3 is 15.2 Å². The fourth-order valence-electron chi connectivity index (χ4n) is 2.87. The predicted molar refractivity (Wildman–Crippen MR) is 66.2 cm³/mol. The quantitative estimate of drug-likeness (QED) is 0.870. The van der Waals surface area contributed by atoms with Crippen molar-refractivity contribution in [2.24, 2.45) is 5.73 Å². The van der Waals surface area contributed by atoms with Crippen molar-refractivity contribution in [3.05, 3.63) is 29.3 Å². The molecular formula is C14H19NO2. The molecule has 1 aromatic rings. The molecule has 3 heteroatoms. The van der Waals surface area contributed by atoms with E-state index >= 15 is 0 Å². The Morgan fingerprint density at radius 3 is 2.88 bits per heavy atom. The summed E-state index contributed by atoms with van der Waals surface area (Å²) >= 11 is 0. The van der Waals surface area contributed by atoms with Crippen molar-refractivity contribution >= 4 is 0 Å². The number of fused-ring (bicyclic) bond motifs is 1. The molecule has 1 unspecified atom stereocenters. The highest BCUT2D eigenvalue weighted by molar-refractivity contribution is 5.41. The van der Waals surface area contributed by atoms with Crippen molar-refractivity contribution in [3.8, 4) is 5.75 Å². The number of rotatable bonds is 3. The minimum absolute atomic E-state index is 0.0212. The molecule has 1 saturated carbocycles. The molecule has 1 aromatic carbocycles. The van der Waals surface area contributed by atoms with Gasteiger partial charge in [0.25, 0.3) is 0 Å². The van der Waals surface area contributed by atoms with Gasteiger partial charge in [0, 0.05) is 13.5 Å². The summed E-state index contributed by atoms with van der Waals surface area (Å²) in [5, 5.41) is 0. The molecule has 1 aliphatic heterocycles. The second kappa shape index (κ2) is 4.00. The van der Waals surface area contributed by atoms with E-state index in [1.54, 1.807) is 7.11 Å². The summed E-state index contributed by atoms with van der Waals surface area (Å²) in [5.41, 5.74) is 8.70. The molecule has 0 spiro atoms. The number of hydrogen-bond donors (Lipinski definition) is 1. The van der Waals surface area contributed by atoms with Gasteiger partial charge in [0.15, 0.2) is 0 Å². The molecule has 0 radical (unpaired) electrons. The van der Waals surface area contributed by atoms with Gasteiger partial charge in [-0.05, 0) is 36.5 Å². The smallest absolute Gasteiger partial charge is 0.122 e. The molecule has 1 atom stereocenters. The Hall–Kier alpha value is -1.06. The number of hydrogen-bond acceptors (Lipinski definition) is 3. The van der Waals surface area contributed by atoms with Gasteiger partial charge in [-0.2, -0.15) is 0 Å². The van der Waals surface area contributed by atoms with Crippen molar-refractivity contribution in [1.82, 2.24) is 0 Å². The molecule has 1 aliphatic carbocycles. The molecule has 0 amide bonds. The highest BCUT2D eigenvalue weighted by Gasteiger charge is 2.43. The Balaban J connectivity index is 1.88. The van der Waals surface area contributed by atoms with Gasteiger partial charge in [-0.15, -0.1) is 0 Å². The first-order valence-corrected chi connectivity index (χ1v) is 6.31. The molecule has 3 nitrogen and oxygen atoms in total. The van der Waals surface area contributed by atoms with Crippen LogP contribution in [0.1, 0.15) is 36.4 Å². The van der Waals surface area contributed by atoms with Crippen LogP contribution in [0.25, 0.3) is 0 Å². The number of methoxy groups -OCH3 is 1. The second-order valence-electron chi connectivity index (χ2n) is 5.07. The van der Waals surface area contributed by atoms with E-state index in [0.717, 1.165) is 31.6 Å². The van der Waals surface area contributed by atoms with Crippen molar-refractivity contribution in [1.29, 1.82) is 0 Å². The summed E-state index contributed by atoms with van der Waals surface area (Å²) in [6.45, 7) is 0.795. The molecular weight excluding hydrogens is 214 g/mol. The van der Waals surface area contributed by atoms with E-state index in [-0.39, 0.29) is 11.6 Å². The predicted octanol–water partition coefficient (Wildman–Crippen LogP) is 2.19. The van der Waals surface area contributed by atoms with Crippen LogP contribution in [0.4, 0.5) is 0 Å². The summed E-state index contributed by atoms with van der Waals surface area (Å²) < 4.78 is 11.2. The van der Waals surface area contributed by atoms with Gasteiger partial charge in [0.1, 0.15) is 5.75 Å². The van der Waals surface area contributed by atoms with Crippen LogP contribution < -0.4 is 10.5 Å². The van der Waals surface area contributed by atoms with Crippen LogP contribution in [-0.2, 0) is 11.2 Å². The molecule has 17 heavy (non-hydrogen) atoms. The first kappa shape index (κ1) is 11.1. The second-order valence-corrected chi connectivity index (χ2v) is 5.07. The van der Waals surface area contributed by atoms with Crippen LogP contribution in [0.5, 0.6) is 5.75 Å². The maximum absolute atomic E-state index is 6.37. The van der Waals surface area contributed by atoms with E-state index in [4.69, 9.17) is 15.2 Å². The lowest BCUT2D eigenvalue weighted by Gasteiger charge is -2.45. The summed E-state index contributed by atoms with van der Waals surface area (Å²) in [5.74, 6) is 1.01. The lowest BCUT2D eigenvalue weighted by atomic mass is 9.72. The van der Waals surface area contributed by atoms with Crippen LogP contribution in [0.3, 0.4) is 0 Å². The molecule has 1 heterocycles. The number of nitrogens with two attached hydrogens (primary N) is 1. The van der Waals surface area contributed by atoms with Crippen molar-refractivity contribution < 1.29 is 9.47 Å². The fraction of sp³-hybridized carbons (Fsp3) is 0.571. The molecule has 1 fully saturated rings. The average molecular weight is 233 g/mol. The zero-order chi connectivity index (χ0) is 11.9. The normalized spacial score (nSPS) is 22.5. The third kappa shape index (κ3) is 1.65. The first-order chi connectivity index (χ1) is 8.25. The SMILES string of the molecule is COC1(C(N)c2ccc3c(c2)CCO3)CCC1. The van der Waals surface area contributed by atoms with Gasteiger partial charge in [0.2, 0.25) is 0 Å². The summed E-state index contributed by atoms with van der Waals surface area (Å²) in [7, 11) is 1.77. The average Bonchev–Trinajstić information content (AvgIpc) is 2.74. The number of benzene rings is 1. The zero-order valence-electron chi connectivity index (χ0n) is 10.2. The Bertz CT molecular complexity index is 421. The highest BCUT2D eigenvalue weighted by atomic mass is 16.5. The topological polar surface area (TPSA) is 44.5 Å². The molecule has 3 rings (SSSR count). The third-order valence-corrected chi connectivity index (χ3v) is 4.25. The minimum Gasteiger partial charge on any atom is -0.493 e. The number of ether oxygens (including phenoxy) is 2. The lowest BCUT2D eigenvalue weighted by Crippen LogP contribution is -2.48. The monoisotopic (exact) mass is 233 g/mol. The Morgan fingerprint density at radius 1 is 1.41 bits per heavy atom. The molecule has 0 bridgehead atoms. The molecule has 2 aliphatic rings. The fourth-order valence-corrected chi connectivity index (χ4v) is 2.87. The van der Waals surface area contributed by atoms with Crippen molar-refractivity contribution in [3.63, 3.8) is 0 Å². The molecule has 0 saturated heterocycles. The Kier molecular flexibility index (Phi) is 2.60. The van der Waals surface area contributed by atoms with Crippen LogP contribution >= 0.6 is 0 Å². The van der Waals surface area contributed by atoms with E-state index in [0.29, 0.717) is 0 Å². The van der Waals surface area contributed by atoms with E-state index in [1.165, 1.54) is 17.5 Å². The van der Waals surface area contributed by atoms with Gasteiger partial charge >= 0.3 is 0 Å². The van der Waals surface area contributed by atoms with E-state index < -0.39 is 0 Å². The zero-order valence-corrected chi connectivity index (χ0v) is 10.2. The van der Waals surface area contributed by atoms with E-state index in [2.05, 4.69) is 12.1 Å². The van der Waals surface area contributed by atoms with Crippen molar-refractivity contribution in [2.75, 3.05) is 13.7 Å². The summed E-state index contributed by atoms with van der Waals surface area (Å²) in [4.78, 5) is 0. The Labute approximate surface area is 102 Å². The maximum atomic E-state index is 6.37. The third-order valence-electron chi connectivity index (χ3n) is 4.25. The van der Waals surface area contributed by atoms with Crippen molar-refractivity contribution in [2.45, 2.75) is 37.3 Å². The van der Waals surface area contributed by atoms with Gasteiger partial charge in [-0.3, -0.25) is 0 Å². The largest absolute Gasteiger partial charge is 0.493 e. The van der Waals surface area contributed by atoms with Crippen LogP contribution in [0.15, 0.2) is 18.2 Å². The highest BCUT2D eigenvalue weighted by Crippen LogP contribution is 2.44. The molecule has 0 aromatic heterocycles. The van der Waals surface area contributed by atoms with Gasteiger partial charge in [-0.1, -0.05) is 12.1 Å². The summed E-state index contributed by atoms with van der Waals surface area (Å²) in [6.07, 6.45) is 4.35. The maximum Gasteiger partial charge on any atom is 0.122 e. The molecule has 92 valence electrons. The van der Waals surface area contributed by atoms with E-state index in [9.17, 15) is 0 Å². The first-order valence-electron chi connectivity index (χ1n) is 6.31.